The molecule has 1 aromatic heterocycles. The first kappa shape index (κ1) is 20.4. The molecule has 1 heterocycles. The van der Waals surface area contributed by atoms with E-state index in [1.165, 1.54) is 41.9 Å². The SMILES string of the molecule is CC(C)(O)c1coc(S(=O)(=O)CC(=O)Cc2c(CC3CC3)ccc3c2CCC3)c1. The summed E-state index contributed by atoms with van der Waals surface area (Å²) in [7, 11) is -3.88. The van der Waals surface area contributed by atoms with Crippen molar-refractivity contribution in [1.82, 2.24) is 0 Å². The molecule has 2 aliphatic rings. The zero-order chi connectivity index (χ0) is 20.8. The first-order valence-electron chi connectivity index (χ1n) is 10.3. The third-order valence-corrected chi connectivity index (χ3v) is 7.55. The van der Waals surface area contributed by atoms with E-state index in [4.69, 9.17) is 4.42 Å². The van der Waals surface area contributed by atoms with Crippen LogP contribution in [0.2, 0.25) is 0 Å². The first-order chi connectivity index (χ1) is 13.6. The maximum Gasteiger partial charge on any atom is 0.218 e. The Bertz CT molecular complexity index is 1040. The summed E-state index contributed by atoms with van der Waals surface area (Å²) in [5.41, 5.74) is 4.00. The van der Waals surface area contributed by atoms with Crippen LogP contribution in [0.4, 0.5) is 0 Å². The molecule has 1 fully saturated rings. The summed E-state index contributed by atoms with van der Waals surface area (Å²) in [5.74, 6) is -0.197. The van der Waals surface area contributed by atoms with E-state index in [2.05, 4.69) is 12.1 Å². The van der Waals surface area contributed by atoms with E-state index < -0.39 is 21.2 Å². The lowest BCUT2D eigenvalue weighted by Crippen LogP contribution is -2.19. The van der Waals surface area contributed by atoms with Gasteiger partial charge in [-0.3, -0.25) is 4.79 Å². The highest BCUT2D eigenvalue weighted by atomic mass is 32.2. The predicted octanol–water partition coefficient (Wildman–Crippen LogP) is 3.53. The second kappa shape index (κ2) is 7.40. The van der Waals surface area contributed by atoms with Crippen molar-refractivity contribution in [3.8, 4) is 0 Å². The fourth-order valence-electron chi connectivity index (χ4n) is 4.17. The molecule has 4 rings (SSSR count). The number of hydrogen-bond acceptors (Lipinski definition) is 5. The van der Waals surface area contributed by atoms with Gasteiger partial charge in [0, 0.05) is 18.1 Å². The van der Waals surface area contributed by atoms with E-state index in [0.717, 1.165) is 31.2 Å². The molecule has 1 N–H and O–H groups in total. The van der Waals surface area contributed by atoms with Crippen LogP contribution in [0.5, 0.6) is 0 Å². The van der Waals surface area contributed by atoms with Gasteiger partial charge in [-0.15, -0.1) is 0 Å². The molecule has 29 heavy (non-hydrogen) atoms. The quantitative estimate of drug-likeness (QED) is 0.712. The van der Waals surface area contributed by atoms with Crippen LogP contribution < -0.4 is 0 Å². The number of aliphatic hydroxyl groups is 1. The summed E-state index contributed by atoms with van der Waals surface area (Å²) >= 11 is 0. The maximum atomic E-state index is 12.8. The van der Waals surface area contributed by atoms with Gasteiger partial charge in [0.2, 0.25) is 14.9 Å². The van der Waals surface area contributed by atoms with Crippen LogP contribution in [0.25, 0.3) is 0 Å². The van der Waals surface area contributed by atoms with Gasteiger partial charge in [0.15, 0.2) is 5.78 Å². The van der Waals surface area contributed by atoms with E-state index in [1.807, 2.05) is 0 Å². The molecule has 1 saturated carbocycles. The standard InChI is InChI=1S/C23H28O5S/c1-23(2,25)18-11-22(28-13-18)29(26,27)14-19(24)12-21-17(10-15-6-7-15)9-8-16-4-3-5-20(16)21/h8-9,11,13,15,25H,3-7,10,12,14H2,1-2H3. The Morgan fingerprint density at radius 2 is 2.00 bits per heavy atom. The van der Waals surface area contributed by atoms with E-state index >= 15 is 0 Å². The van der Waals surface area contributed by atoms with Crippen LogP contribution in [-0.4, -0.2) is 25.1 Å². The number of carbonyl (C=O) groups excluding carboxylic acids is 1. The summed E-state index contributed by atoms with van der Waals surface area (Å²) < 4.78 is 30.5. The Balaban J connectivity index is 1.54. The minimum Gasteiger partial charge on any atom is -0.453 e. The molecule has 0 aliphatic heterocycles. The molecule has 0 spiro atoms. The normalized spacial score (nSPS) is 16.8. The molecular formula is C23H28O5S. The van der Waals surface area contributed by atoms with Crippen LogP contribution in [0, 0.1) is 5.92 Å². The fourth-order valence-corrected chi connectivity index (χ4v) is 5.34. The second-order valence-corrected chi connectivity index (χ2v) is 11.0. The summed E-state index contributed by atoms with van der Waals surface area (Å²) in [5, 5.41) is 9.76. The van der Waals surface area contributed by atoms with Crippen LogP contribution in [0.3, 0.4) is 0 Å². The van der Waals surface area contributed by atoms with Gasteiger partial charge in [0.25, 0.3) is 0 Å². The number of carbonyl (C=O) groups is 1. The van der Waals surface area contributed by atoms with Gasteiger partial charge < -0.3 is 9.52 Å². The lowest BCUT2D eigenvalue weighted by molar-refractivity contribution is -0.116. The second-order valence-electron chi connectivity index (χ2n) is 9.03. The monoisotopic (exact) mass is 416 g/mol. The minimum atomic E-state index is -3.88. The van der Waals surface area contributed by atoms with Gasteiger partial charge in [0.05, 0.1) is 11.9 Å². The first-order valence-corrected chi connectivity index (χ1v) is 12.0. The number of fused-ring (bicyclic) bond motifs is 1. The highest BCUT2D eigenvalue weighted by molar-refractivity contribution is 7.92. The molecule has 2 aliphatic carbocycles. The van der Waals surface area contributed by atoms with Crippen molar-refractivity contribution in [2.75, 3.05) is 5.75 Å². The summed E-state index contributed by atoms with van der Waals surface area (Å²) in [6.45, 7) is 3.10. The Morgan fingerprint density at radius 3 is 2.66 bits per heavy atom. The fraction of sp³-hybridized carbons (Fsp3) is 0.522. The molecule has 2 aromatic rings. The van der Waals surface area contributed by atoms with Crippen molar-refractivity contribution >= 4 is 15.6 Å². The molecule has 6 heteroatoms. The number of hydrogen-bond donors (Lipinski definition) is 1. The molecular weight excluding hydrogens is 388 g/mol. The molecule has 0 unspecified atom stereocenters. The Labute approximate surface area is 172 Å². The molecule has 5 nitrogen and oxygen atoms in total. The molecule has 0 bridgehead atoms. The van der Waals surface area contributed by atoms with Crippen molar-refractivity contribution in [3.63, 3.8) is 0 Å². The molecule has 156 valence electrons. The largest absolute Gasteiger partial charge is 0.453 e. The molecule has 0 saturated heterocycles. The maximum absolute atomic E-state index is 12.8. The average molecular weight is 417 g/mol. The van der Waals surface area contributed by atoms with Crippen LogP contribution in [-0.2, 0) is 45.9 Å². The zero-order valence-electron chi connectivity index (χ0n) is 17.0. The summed E-state index contributed by atoms with van der Waals surface area (Å²) in [6.07, 6.45) is 7.94. The van der Waals surface area contributed by atoms with Crippen LogP contribution in [0.1, 0.15) is 60.9 Å². The van der Waals surface area contributed by atoms with Crippen molar-refractivity contribution in [2.45, 2.75) is 69.5 Å². The number of Topliss-reactive ketones (excluding diaryl/α,β-unsaturated/α-hetero) is 1. The number of furan rings is 1. The molecule has 0 amide bonds. The number of rotatable bonds is 8. The number of aryl methyl sites for hydroxylation is 1. The van der Waals surface area contributed by atoms with Crippen molar-refractivity contribution in [1.29, 1.82) is 0 Å². The zero-order valence-corrected chi connectivity index (χ0v) is 17.8. The van der Waals surface area contributed by atoms with Crippen molar-refractivity contribution in [3.05, 3.63) is 52.3 Å². The van der Waals surface area contributed by atoms with Crippen LogP contribution in [0.15, 0.2) is 34.0 Å². The minimum absolute atomic E-state index is 0.156. The summed E-state index contributed by atoms with van der Waals surface area (Å²) in [4.78, 5) is 12.8. The Morgan fingerprint density at radius 1 is 1.24 bits per heavy atom. The average Bonchev–Trinajstić information content (AvgIpc) is 3.11. The van der Waals surface area contributed by atoms with Gasteiger partial charge >= 0.3 is 0 Å². The lowest BCUT2D eigenvalue weighted by atomic mass is 9.91. The van der Waals surface area contributed by atoms with E-state index in [0.29, 0.717) is 11.5 Å². The Hall–Kier alpha value is -1.92. The topological polar surface area (TPSA) is 84.6 Å². The van der Waals surface area contributed by atoms with Crippen molar-refractivity contribution < 1.29 is 22.7 Å². The van der Waals surface area contributed by atoms with Gasteiger partial charge in [-0.2, -0.15) is 0 Å². The molecule has 0 radical (unpaired) electrons. The van der Waals surface area contributed by atoms with E-state index in [-0.39, 0.29) is 17.3 Å². The van der Waals surface area contributed by atoms with Gasteiger partial charge in [-0.25, -0.2) is 8.42 Å². The van der Waals surface area contributed by atoms with E-state index in [9.17, 15) is 18.3 Å². The van der Waals surface area contributed by atoms with Crippen LogP contribution >= 0.6 is 0 Å². The highest BCUT2D eigenvalue weighted by Gasteiger charge is 2.29. The van der Waals surface area contributed by atoms with Crippen molar-refractivity contribution in [2.24, 2.45) is 5.92 Å². The molecule has 0 atom stereocenters. The smallest absolute Gasteiger partial charge is 0.218 e. The Kier molecular flexibility index (Phi) is 5.20. The third kappa shape index (κ3) is 4.48. The van der Waals surface area contributed by atoms with Gasteiger partial charge in [-0.1, -0.05) is 12.1 Å². The number of sulfone groups is 1. The third-order valence-electron chi connectivity index (χ3n) is 6.02. The lowest BCUT2D eigenvalue weighted by Gasteiger charge is -2.14. The number of benzene rings is 1. The van der Waals surface area contributed by atoms with E-state index in [1.54, 1.807) is 13.8 Å². The number of ketones is 1. The van der Waals surface area contributed by atoms with Gasteiger partial charge in [0.1, 0.15) is 5.75 Å². The predicted molar refractivity (Wildman–Crippen MR) is 110 cm³/mol. The summed E-state index contributed by atoms with van der Waals surface area (Å²) in [6, 6.07) is 5.63. The highest BCUT2D eigenvalue weighted by Crippen LogP contribution is 2.36. The molecule has 1 aromatic carbocycles. The van der Waals surface area contributed by atoms with Gasteiger partial charge in [-0.05, 0) is 80.5 Å².